The SMILES string of the molecule is Cc1ccccc1.O=C(O)O. The molecule has 0 spiro atoms. The second kappa shape index (κ2) is 5.29. The Morgan fingerprint density at radius 3 is 1.73 bits per heavy atom. The summed E-state index contributed by atoms with van der Waals surface area (Å²) in [6, 6.07) is 10.3. The normalized spacial score (nSPS) is 7.73. The molecule has 0 aromatic heterocycles. The Kier molecular flexibility index (Phi) is 4.56. The van der Waals surface area contributed by atoms with Crippen molar-refractivity contribution in [3.63, 3.8) is 0 Å². The molecule has 0 aliphatic carbocycles. The molecule has 0 fully saturated rings. The smallest absolute Gasteiger partial charge is 0.450 e. The van der Waals surface area contributed by atoms with Gasteiger partial charge in [-0.25, -0.2) is 4.79 Å². The molecule has 0 atom stereocenters. The van der Waals surface area contributed by atoms with Gasteiger partial charge in [0.1, 0.15) is 0 Å². The molecule has 1 aromatic carbocycles. The molecule has 0 aliphatic heterocycles. The third-order valence-corrected chi connectivity index (χ3v) is 0.940. The molecule has 0 aliphatic rings. The summed E-state index contributed by atoms with van der Waals surface area (Å²) in [6.45, 7) is 2.08. The average molecular weight is 154 g/mol. The van der Waals surface area contributed by atoms with Crippen LogP contribution in [0.25, 0.3) is 0 Å². The molecule has 1 rings (SSSR count). The summed E-state index contributed by atoms with van der Waals surface area (Å²) in [4.78, 5) is 8.56. The molecule has 0 amide bonds. The van der Waals surface area contributed by atoms with E-state index in [-0.39, 0.29) is 0 Å². The molecule has 3 nitrogen and oxygen atoms in total. The summed E-state index contributed by atoms with van der Waals surface area (Å²) in [6.07, 6.45) is -1.83. The number of carboxylic acid groups (broad SMARTS) is 2. The van der Waals surface area contributed by atoms with Gasteiger partial charge in [-0.1, -0.05) is 35.9 Å². The van der Waals surface area contributed by atoms with Crippen molar-refractivity contribution >= 4 is 6.16 Å². The molecule has 0 heterocycles. The molecule has 0 saturated carbocycles. The van der Waals surface area contributed by atoms with E-state index in [0.717, 1.165) is 0 Å². The maximum atomic E-state index is 8.56. The Labute approximate surface area is 64.9 Å². The Balaban J connectivity index is 0.000000218. The second-order valence-electron chi connectivity index (χ2n) is 1.94. The largest absolute Gasteiger partial charge is 0.503 e. The van der Waals surface area contributed by atoms with Gasteiger partial charge >= 0.3 is 6.16 Å². The van der Waals surface area contributed by atoms with Gasteiger partial charge in [0, 0.05) is 0 Å². The van der Waals surface area contributed by atoms with Crippen LogP contribution >= 0.6 is 0 Å². The van der Waals surface area contributed by atoms with Gasteiger partial charge in [-0.05, 0) is 6.92 Å². The quantitative estimate of drug-likeness (QED) is 0.602. The fourth-order valence-corrected chi connectivity index (χ4v) is 0.534. The highest BCUT2D eigenvalue weighted by Crippen LogP contribution is 1.92. The van der Waals surface area contributed by atoms with E-state index in [9.17, 15) is 0 Å². The number of benzene rings is 1. The summed E-state index contributed by atoms with van der Waals surface area (Å²) < 4.78 is 0. The van der Waals surface area contributed by atoms with Crippen LogP contribution < -0.4 is 0 Å². The minimum Gasteiger partial charge on any atom is -0.450 e. The fraction of sp³-hybridized carbons (Fsp3) is 0.125. The van der Waals surface area contributed by atoms with Crippen LogP contribution in [0.1, 0.15) is 5.56 Å². The molecule has 2 N–H and O–H groups in total. The standard InChI is InChI=1S/C7H8.CH2O3/c1-7-5-3-2-4-6-7;2-1(3)4/h2-6H,1H3;(H2,2,3,4). The van der Waals surface area contributed by atoms with E-state index < -0.39 is 6.16 Å². The average Bonchev–Trinajstić information content (AvgIpc) is 1.87. The van der Waals surface area contributed by atoms with Crippen LogP contribution in [0.5, 0.6) is 0 Å². The molecule has 60 valence electrons. The van der Waals surface area contributed by atoms with Gasteiger partial charge in [0.15, 0.2) is 0 Å². The summed E-state index contributed by atoms with van der Waals surface area (Å²) in [5.41, 5.74) is 1.32. The summed E-state index contributed by atoms with van der Waals surface area (Å²) in [7, 11) is 0. The van der Waals surface area contributed by atoms with E-state index >= 15 is 0 Å². The third kappa shape index (κ3) is 8.49. The van der Waals surface area contributed by atoms with Crippen LogP contribution in [0, 0.1) is 6.92 Å². The number of hydrogen-bond donors (Lipinski definition) is 2. The maximum Gasteiger partial charge on any atom is 0.503 e. The summed E-state index contributed by atoms with van der Waals surface area (Å²) in [5, 5.41) is 13.9. The molecule has 0 saturated heterocycles. The van der Waals surface area contributed by atoms with Gasteiger partial charge in [0.2, 0.25) is 0 Å². The molecular weight excluding hydrogens is 144 g/mol. The van der Waals surface area contributed by atoms with Crippen LogP contribution in [0.15, 0.2) is 30.3 Å². The van der Waals surface area contributed by atoms with Crippen LogP contribution in [-0.4, -0.2) is 16.4 Å². The van der Waals surface area contributed by atoms with Crippen molar-refractivity contribution < 1.29 is 15.0 Å². The van der Waals surface area contributed by atoms with Crippen LogP contribution in [0.2, 0.25) is 0 Å². The molecule has 0 radical (unpaired) electrons. The third-order valence-electron chi connectivity index (χ3n) is 0.940. The van der Waals surface area contributed by atoms with Crippen molar-refractivity contribution in [2.45, 2.75) is 6.92 Å². The zero-order valence-corrected chi connectivity index (χ0v) is 6.19. The van der Waals surface area contributed by atoms with Crippen molar-refractivity contribution in [2.24, 2.45) is 0 Å². The minimum absolute atomic E-state index is 1.32. The fourth-order valence-electron chi connectivity index (χ4n) is 0.534. The highest BCUT2D eigenvalue weighted by atomic mass is 16.6. The van der Waals surface area contributed by atoms with E-state index in [4.69, 9.17) is 15.0 Å². The Morgan fingerprint density at radius 1 is 1.18 bits per heavy atom. The minimum atomic E-state index is -1.83. The lowest BCUT2D eigenvalue weighted by Crippen LogP contribution is -1.81. The van der Waals surface area contributed by atoms with Crippen LogP contribution in [0.4, 0.5) is 4.79 Å². The first-order chi connectivity index (χ1) is 5.13. The zero-order valence-electron chi connectivity index (χ0n) is 6.19. The van der Waals surface area contributed by atoms with Gasteiger partial charge in [0.05, 0.1) is 0 Å². The molecule has 11 heavy (non-hydrogen) atoms. The van der Waals surface area contributed by atoms with Crippen molar-refractivity contribution in [2.75, 3.05) is 0 Å². The lowest BCUT2D eigenvalue weighted by Gasteiger charge is -1.82. The lowest BCUT2D eigenvalue weighted by atomic mass is 10.2. The molecule has 1 aromatic rings. The van der Waals surface area contributed by atoms with Crippen molar-refractivity contribution in [3.05, 3.63) is 35.9 Å². The van der Waals surface area contributed by atoms with E-state index in [1.807, 2.05) is 18.2 Å². The van der Waals surface area contributed by atoms with Gasteiger partial charge in [-0.2, -0.15) is 0 Å². The van der Waals surface area contributed by atoms with Gasteiger partial charge < -0.3 is 10.2 Å². The molecule has 0 bridgehead atoms. The monoisotopic (exact) mass is 154 g/mol. The second-order valence-corrected chi connectivity index (χ2v) is 1.94. The number of aryl methyl sites for hydroxylation is 1. The molecular formula is C8H10O3. The van der Waals surface area contributed by atoms with Crippen molar-refractivity contribution in [3.8, 4) is 0 Å². The molecule has 0 unspecified atom stereocenters. The Bertz CT molecular complexity index is 202. The van der Waals surface area contributed by atoms with Crippen molar-refractivity contribution in [1.29, 1.82) is 0 Å². The predicted octanol–water partition coefficient (Wildman–Crippen LogP) is 2.22. The van der Waals surface area contributed by atoms with Gasteiger partial charge in [-0.3, -0.25) is 0 Å². The van der Waals surface area contributed by atoms with Crippen LogP contribution in [0.3, 0.4) is 0 Å². The Hall–Kier alpha value is -1.51. The highest BCUT2D eigenvalue weighted by Gasteiger charge is 1.72. The first-order valence-corrected chi connectivity index (χ1v) is 3.06. The summed E-state index contributed by atoms with van der Waals surface area (Å²) >= 11 is 0. The predicted molar refractivity (Wildman–Crippen MR) is 41.8 cm³/mol. The van der Waals surface area contributed by atoms with Crippen LogP contribution in [-0.2, 0) is 0 Å². The first-order valence-electron chi connectivity index (χ1n) is 3.06. The molecule has 3 heteroatoms. The number of carbonyl (C=O) groups is 1. The van der Waals surface area contributed by atoms with Gasteiger partial charge in [-0.15, -0.1) is 0 Å². The first kappa shape index (κ1) is 9.49. The van der Waals surface area contributed by atoms with Gasteiger partial charge in [0.25, 0.3) is 0 Å². The summed E-state index contributed by atoms with van der Waals surface area (Å²) in [5.74, 6) is 0. The Morgan fingerprint density at radius 2 is 1.55 bits per heavy atom. The maximum absolute atomic E-state index is 8.56. The van der Waals surface area contributed by atoms with E-state index in [2.05, 4.69) is 19.1 Å². The lowest BCUT2D eigenvalue weighted by molar-refractivity contribution is 0.137. The highest BCUT2D eigenvalue weighted by molar-refractivity contribution is 5.53. The van der Waals surface area contributed by atoms with Crippen molar-refractivity contribution in [1.82, 2.24) is 0 Å². The van der Waals surface area contributed by atoms with E-state index in [1.54, 1.807) is 0 Å². The zero-order chi connectivity index (χ0) is 8.69. The topological polar surface area (TPSA) is 57.5 Å². The number of hydrogen-bond acceptors (Lipinski definition) is 1. The van der Waals surface area contributed by atoms with E-state index in [1.165, 1.54) is 5.56 Å². The van der Waals surface area contributed by atoms with E-state index in [0.29, 0.717) is 0 Å². The number of rotatable bonds is 0.